The standard InChI is InChI=1S/C24H24N2O5S/c1-5-6-17-11-16(12-19(30-3)22(17)31-4)13-20-23(28)26(24(29)32-20)14-21(27)25-18-9-7-15(2)8-10-18/h5,7-13H,1,6,14H2,2-4H3,(H,25,27)/b20-13+. The average molecular weight is 453 g/mol. The number of ether oxygens (including phenoxy) is 2. The lowest BCUT2D eigenvalue weighted by molar-refractivity contribution is -0.127. The molecule has 1 N–H and O–H groups in total. The zero-order valence-corrected chi connectivity index (χ0v) is 19.0. The van der Waals surface area contributed by atoms with Gasteiger partial charge in [0.15, 0.2) is 11.5 Å². The summed E-state index contributed by atoms with van der Waals surface area (Å²) in [5.41, 5.74) is 3.17. The van der Waals surface area contributed by atoms with E-state index in [1.165, 1.54) is 7.11 Å². The number of carbonyl (C=O) groups excluding carboxylic acids is 3. The molecule has 0 atom stereocenters. The normalized spacial score (nSPS) is 14.6. The molecule has 3 rings (SSSR count). The van der Waals surface area contributed by atoms with E-state index in [0.717, 1.165) is 27.8 Å². The first-order chi connectivity index (χ1) is 15.4. The monoisotopic (exact) mass is 452 g/mol. The zero-order valence-electron chi connectivity index (χ0n) is 18.1. The van der Waals surface area contributed by atoms with E-state index >= 15 is 0 Å². The van der Waals surface area contributed by atoms with Crippen molar-refractivity contribution in [2.75, 3.05) is 26.1 Å². The number of carbonyl (C=O) groups is 3. The van der Waals surface area contributed by atoms with Gasteiger partial charge < -0.3 is 14.8 Å². The van der Waals surface area contributed by atoms with Crippen molar-refractivity contribution in [3.63, 3.8) is 0 Å². The molecule has 32 heavy (non-hydrogen) atoms. The summed E-state index contributed by atoms with van der Waals surface area (Å²) in [5, 5.41) is 2.20. The Morgan fingerprint density at radius 1 is 1.16 bits per heavy atom. The van der Waals surface area contributed by atoms with Gasteiger partial charge >= 0.3 is 0 Å². The van der Waals surface area contributed by atoms with Crippen molar-refractivity contribution in [3.8, 4) is 11.5 Å². The predicted molar refractivity (Wildman–Crippen MR) is 126 cm³/mol. The minimum Gasteiger partial charge on any atom is -0.493 e. The molecule has 166 valence electrons. The summed E-state index contributed by atoms with van der Waals surface area (Å²) in [7, 11) is 3.08. The lowest BCUT2D eigenvalue weighted by Gasteiger charge is -2.13. The van der Waals surface area contributed by atoms with Crippen LogP contribution in [0.3, 0.4) is 0 Å². The summed E-state index contributed by atoms with van der Waals surface area (Å²) >= 11 is 0.796. The molecule has 0 aromatic heterocycles. The SMILES string of the molecule is C=CCc1cc(/C=C2/SC(=O)N(CC(=O)Nc3ccc(C)cc3)C2=O)cc(OC)c1OC. The van der Waals surface area contributed by atoms with Crippen molar-refractivity contribution < 1.29 is 23.9 Å². The maximum atomic E-state index is 12.8. The molecule has 0 spiro atoms. The number of nitrogens with zero attached hydrogens (tertiary/aromatic N) is 1. The quantitative estimate of drug-likeness (QED) is 0.472. The minimum atomic E-state index is -0.515. The molecule has 1 aliphatic heterocycles. The number of aryl methyl sites for hydroxylation is 1. The van der Waals surface area contributed by atoms with Crippen LogP contribution in [0.15, 0.2) is 54.0 Å². The number of anilines is 1. The first kappa shape index (κ1) is 23.1. The lowest BCUT2D eigenvalue weighted by atomic mass is 10.0. The van der Waals surface area contributed by atoms with Crippen LogP contribution in [-0.4, -0.2) is 42.7 Å². The van der Waals surface area contributed by atoms with E-state index < -0.39 is 17.1 Å². The molecule has 7 nitrogen and oxygen atoms in total. The largest absolute Gasteiger partial charge is 0.493 e. The number of methoxy groups -OCH3 is 2. The Hall–Kier alpha value is -3.52. The maximum Gasteiger partial charge on any atom is 0.294 e. The molecule has 1 saturated heterocycles. The van der Waals surface area contributed by atoms with E-state index in [1.54, 1.807) is 37.5 Å². The molecule has 3 amide bonds. The summed E-state index contributed by atoms with van der Waals surface area (Å²) in [6.45, 7) is 5.34. The van der Waals surface area contributed by atoms with Gasteiger partial charge in [-0.2, -0.15) is 0 Å². The number of allylic oxidation sites excluding steroid dienone is 1. The third-order valence-corrected chi connectivity index (χ3v) is 5.66. The van der Waals surface area contributed by atoms with Gasteiger partial charge in [0, 0.05) is 11.3 Å². The van der Waals surface area contributed by atoms with Crippen LogP contribution in [0.25, 0.3) is 6.08 Å². The highest BCUT2D eigenvalue weighted by atomic mass is 32.2. The van der Waals surface area contributed by atoms with Gasteiger partial charge in [0.05, 0.1) is 19.1 Å². The lowest BCUT2D eigenvalue weighted by Crippen LogP contribution is -2.36. The van der Waals surface area contributed by atoms with Crippen molar-refractivity contribution in [2.24, 2.45) is 0 Å². The van der Waals surface area contributed by atoms with Gasteiger partial charge in [-0.1, -0.05) is 23.8 Å². The number of nitrogens with one attached hydrogen (secondary N) is 1. The fourth-order valence-corrected chi connectivity index (χ4v) is 4.06. The number of rotatable bonds is 8. The van der Waals surface area contributed by atoms with Gasteiger partial charge in [0.1, 0.15) is 6.54 Å². The Morgan fingerprint density at radius 2 is 1.88 bits per heavy atom. The third kappa shape index (κ3) is 5.20. The second kappa shape index (κ2) is 10.2. The molecule has 0 saturated carbocycles. The highest BCUT2D eigenvalue weighted by Crippen LogP contribution is 2.36. The molecule has 8 heteroatoms. The predicted octanol–water partition coefficient (Wildman–Crippen LogP) is 4.42. The van der Waals surface area contributed by atoms with Gasteiger partial charge in [0.2, 0.25) is 5.91 Å². The molecule has 1 heterocycles. The van der Waals surface area contributed by atoms with E-state index in [2.05, 4.69) is 11.9 Å². The highest BCUT2D eigenvalue weighted by Gasteiger charge is 2.36. The number of amides is 3. The number of imide groups is 1. The van der Waals surface area contributed by atoms with Crippen LogP contribution in [0.1, 0.15) is 16.7 Å². The van der Waals surface area contributed by atoms with Crippen LogP contribution < -0.4 is 14.8 Å². The number of hydrogen-bond acceptors (Lipinski definition) is 6. The molecule has 0 aliphatic carbocycles. The van der Waals surface area contributed by atoms with E-state index in [0.29, 0.717) is 29.2 Å². The van der Waals surface area contributed by atoms with Crippen LogP contribution in [0.5, 0.6) is 11.5 Å². The molecule has 2 aromatic rings. The Bertz CT molecular complexity index is 1090. The smallest absolute Gasteiger partial charge is 0.294 e. The number of benzene rings is 2. The van der Waals surface area contributed by atoms with Gasteiger partial charge in [-0.05, 0) is 61.0 Å². The molecule has 2 aromatic carbocycles. The molecule has 0 radical (unpaired) electrons. The maximum absolute atomic E-state index is 12.8. The third-order valence-electron chi connectivity index (χ3n) is 4.75. The van der Waals surface area contributed by atoms with E-state index in [1.807, 2.05) is 25.1 Å². The van der Waals surface area contributed by atoms with Crippen molar-refractivity contribution in [2.45, 2.75) is 13.3 Å². The van der Waals surface area contributed by atoms with E-state index in [-0.39, 0.29) is 11.4 Å². The van der Waals surface area contributed by atoms with E-state index in [4.69, 9.17) is 9.47 Å². The van der Waals surface area contributed by atoms with Gasteiger partial charge in [0.25, 0.3) is 11.1 Å². The summed E-state index contributed by atoms with van der Waals surface area (Å²) in [4.78, 5) is 38.7. The number of thioether (sulfide) groups is 1. The summed E-state index contributed by atoms with van der Waals surface area (Å²) in [6.07, 6.45) is 3.89. The molecule has 1 aliphatic rings. The summed E-state index contributed by atoms with van der Waals surface area (Å²) < 4.78 is 10.8. The Kier molecular flexibility index (Phi) is 7.37. The molecular weight excluding hydrogens is 428 g/mol. The topological polar surface area (TPSA) is 84.9 Å². The second-order valence-electron chi connectivity index (χ2n) is 7.09. The fraction of sp³-hybridized carbons (Fsp3) is 0.208. The van der Waals surface area contributed by atoms with Crippen LogP contribution in [0.2, 0.25) is 0 Å². The molecular formula is C24H24N2O5S. The first-order valence-corrected chi connectivity index (χ1v) is 10.7. The van der Waals surface area contributed by atoms with Crippen molar-refractivity contribution >= 4 is 40.6 Å². The van der Waals surface area contributed by atoms with Crippen molar-refractivity contribution in [1.82, 2.24) is 4.90 Å². The van der Waals surface area contributed by atoms with Gasteiger partial charge in [-0.3, -0.25) is 19.3 Å². The highest BCUT2D eigenvalue weighted by molar-refractivity contribution is 8.18. The van der Waals surface area contributed by atoms with Crippen LogP contribution in [-0.2, 0) is 16.0 Å². The first-order valence-electron chi connectivity index (χ1n) is 9.84. The molecule has 0 unspecified atom stereocenters. The zero-order chi connectivity index (χ0) is 23.3. The van der Waals surface area contributed by atoms with E-state index in [9.17, 15) is 14.4 Å². The Labute approximate surface area is 191 Å². The molecule has 1 fully saturated rings. The Morgan fingerprint density at radius 3 is 2.50 bits per heavy atom. The fourth-order valence-electron chi connectivity index (χ4n) is 3.23. The Balaban J connectivity index is 1.79. The second-order valence-corrected chi connectivity index (χ2v) is 8.08. The van der Waals surface area contributed by atoms with Crippen LogP contribution in [0.4, 0.5) is 10.5 Å². The van der Waals surface area contributed by atoms with Gasteiger partial charge in [-0.15, -0.1) is 6.58 Å². The molecule has 0 bridgehead atoms. The van der Waals surface area contributed by atoms with Gasteiger partial charge in [-0.25, -0.2) is 0 Å². The van der Waals surface area contributed by atoms with Crippen LogP contribution >= 0.6 is 11.8 Å². The van der Waals surface area contributed by atoms with Crippen LogP contribution in [0, 0.1) is 6.92 Å². The van der Waals surface area contributed by atoms with Crippen molar-refractivity contribution in [3.05, 3.63) is 70.6 Å². The minimum absolute atomic E-state index is 0.231. The van der Waals surface area contributed by atoms with Crippen molar-refractivity contribution in [1.29, 1.82) is 0 Å². The number of hydrogen-bond donors (Lipinski definition) is 1. The summed E-state index contributed by atoms with van der Waals surface area (Å²) in [5.74, 6) is 0.135. The summed E-state index contributed by atoms with van der Waals surface area (Å²) in [6, 6.07) is 10.8. The average Bonchev–Trinajstić information content (AvgIpc) is 3.02.